The molecule has 2 unspecified atom stereocenters. The first kappa shape index (κ1) is 32.0. The van der Waals surface area contributed by atoms with E-state index in [4.69, 9.17) is 4.74 Å². The average molecular weight is 589 g/mol. The van der Waals surface area contributed by atoms with Gasteiger partial charge in [-0.25, -0.2) is 0 Å². The Bertz CT molecular complexity index is 1180. The number of Topliss-reactive ketones (excluding diaryl/α,β-unsaturated/α-hetero) is 1. The minimum atomic E-state index is -5.32. The number of nitrogens with zero attached hydrogens (tertiary/aromatic N) is 1. The van der Waals surface area contributed by atoms with Crippen LogP contribution in [0.1, 0.15) is 17.2 Å². The molecule has 1 aromatic carbocycles. The lowest BCUT2D eigenvalue weighted by molar-refractivity contribution is -0.553. The molecule has 228 valence electrons. The Balaban J connectivity index is 2.29. The lowest BCUT2D eigenvalue weighted by Crippen LogP contribution is -2.88. The third-order valence-corrected chi connectivity index (χ3v) is 6.81. The number of ketones is 1. The summed E-state index contributed by atoms with van der Waals surface area (Å²) in [6.45, 7) is -2.32. The van der Waals surface area contributed by atoms with Crippen LogP contribution >= 0.6 is 0 Å². The predicted octanol–water partition coefficient (Wildman–Crippen LogP) is -9.36. The second-order valence-electron chi connectivity index (χ2n) is 9.32. The van der Waals surface area contributed by atoms with Crippen molar-refractivity contribution in [3.8, 4) is 23.0 Å². The summed E-state index contributed by atoms with van der Waals surface area (Å²) in [5.74, 6) is -26.8. The molecule has 2 aliphatic heterocycles. The number of rotatable bonds is 7. The van der Waals surface area contributed by atoms with Gasteiger partial charge in [0.15, 0.2) is 17.1 Å². The SMILES string of the molecule is COc1c(O)c2c(c(O)c1OC(O)(O)O)C1N(CC2)CC(O)(C(O)(O)C(O)(C(O)(O)O)C(O)(O)O)C(=O)C1(O)O. The number of carbonyl (C=O) groups excluding carboxylic acids is 1. The summed E-state index contributed by atoms with van der Waals surface area (Å²) in [5, 5.41) is 170. The molecule has 17 N–H and O–H groups in total. The molecule has 21 heteroatoms. The van der Waals surface area contributed by atoms with Gasteiger partial charge in [-0.05, 0) is 6.42 Å². The van der Waals surface area contributed by atoms with Gasteiger partial charge in [0.2, 0.25) is 28.9 Å². The van der Waals surface area contributed by atoms with E-state index in [0.717, 1.165) is 7.11 Å². The molecule has 0 aromatic heterocycles. The maximum Gasteiger partial charge on any atom is 0.453 e. The number of phenols is 2. The van der Waals surface area contributed by atoms with Crippen LogP contribution < -0.4 is 9.47 Å². The number of methoxy groups -OCH3 is 1. The summed E-state index contributed by atoms with van der Waals surface area (Å²) in [4.78, 5) is 13.7. The number of hydrogen-bond acceptors (Lipinski definition) is 21. The van der Waals surface area contributed by atoms with Gasteiger partial charge < -0.3 is 96.3 Å². The summed E-state index contributed by atoms with van der Waals surface area (Å²) in [6.07, 6.45) is -4.54. The maximum atomic E-state index is 13.2. The Morgan fingerprint density at radius 2 is 1.32 bits per heavy atom. The van der Waals surface area contributed by atoms with Crippen LogP contribution in [0.4, 0.5) is 0 Å². The zero-order chi connectivity index (χ0) is 31.2. The average Bonchev–Trinajstić information content (AvgIpc) is 2.77. The van der Waals surface area contributed by atoms with Crippen molar-refractivity contribution in [2.75, 3.05) is 20.2 Å². The van der Waals surface area contributed by atoms with Crippen molar-refractivity contribution in [3.63, 3.8) is 0 Å². The highest BCUT2D eigenvalue weighted by molar-refractivity contribution is 5.96. The Morgan fingerprint density at radius 3 is 1.75 bits per heavy atom. The quantitative estimate of drug-likeness (QED) is 0.104. The molecule has 3 rings (SSSR count). The molecule has 21 nitrogen and oxygen atoms in total. The van der Waals surface area contributed by atoms with Gasteiger partial charge in [-0.2, -0.15) is 0 Å². The van der Waals surface area contributed by atoms with Crippen LogP contribution in [0.15, 0.2) is 0 Å². The van der Waals surface area contributed by atoms with Crippen molar-refractivity contribution in [2.24, 2.45) is 0 Å². The van der Waals surface area contributed by atoms with Gasteiger partial charge in [-0.3, -0.25) is 9.69 Å². The molecule has 0 aliphatic carbocycles. The molecule has 0 saturated carbocycles. The molecular formula is C19H27NO20. The van der Waals surface area contributed by atoms with E-state index in [9.17, 15) is 91.6 Å². The van der Waals surface area contributed by atoms with Gasteiger partial charge in [0.05, 0.1) is 7.11 Å². The van der Waals surface area contributed by atoms with E-state index in [-0.39, 0.29) is 0 Å². The van der Waals surface area contributed by atoms with E-state index in [1.165, 1.54) is 0 Å². The Labute approximate surface area is 220 Å². The highest BCUT2D eigenvalue weighted by Crippen LogP contribution is 2.57. The van der Waals surface area contributed by atoms with E-state index in [2.05, 4.69) is 4.74 Å². The first-order chi connectivity index (χ1) is 17.7. The van der Waals surface area contributed by atoms with Crippen LogP contribution in [0, 0.1) is 0 Å². The summed E-state index contributed by atoms with van der Waals surface area (Å²) in [5.41, 5.74) is -11.0. The number of ether oxygens (including phenoxy) is 2. The van der Waals surface area contributed by atoms with E-state index in [1.54, 1.807) is 0 Å². The van der Waals surface area contributed by atoms with E-state index in [1.807, 2.05) is 0 Å². The Morgan fingerprint density at radius 1 is 0.825 bits per heavy atom. The van der Waals surface area contributed by atoms with Gasteiger partial charge in [0.25, 0.3) is 5.60 Å². The monoisotopic (exact) mass is 589 g/mol. The van der Waals surface area contributed by atoms with E-state index in [0.29, 0.717) is 4.90 Å². The smallest absolute Gasteiger partial charge is 0.453 e. The molecule has 1 saturated heterocycles. The normalized spacial score (nSPS) is 24.4. The molecule has 0 bridgehead atoms. The fourth-order valence-electron chi connectivity index (χ4n) is 4.96. The number of aliphatic hydroxyl groups is 15. The number of fused-ring (bicyclic) bond motifs is 3. The summed E-state index contributed by atoms with van der Waals surface area (Å²) in [7, 11) is 0.888. The van der Waals surface area contributed by atoms with Crippen molar-refractivity contribution in [3.05, 3.63) is 11.1 Å². The molecule has 1 aromatic rings. The number of piperidine rings is 1. The van der Waals surface area contributed by atoms with Gasteiger partial charge in [0.1, 0.15) is 6.04 Å². The topological polar surface area (TPSA) is 383 Å². The summed E-state index contributed by atoms with van der Waals surface area (Å²) in [6, 6.07) is -2.39. The Hall–Kier alpha value is -2.55. The second-order valence-corrected chi connectivity index (χ2v) is 9.32. The number of benzene rings is 1. The maximum absolute atomic E-state index is 13.2. The first-order valence-electron chi connectivity index (χ1n) is 10.7. The van der Waals surface area contributed by atoms with Crippen LogP contribution in [0.5, 0.6) is 23.0 Å². The number of hydrogen-bond donors (Lipinski definition) is 17. The van der Waals surface area contributed by atoms with Crippen molar-refractivity contribution in [1.29, 1.82) is 0 Å². The van der Waals surface area contributed by atoms with Crippen molar-refractivity contribution in [2.45, 2.75) is 53.3 Å². The molecule has 2 aliphatic rings. The highest BCUT2D eigenvalue weighted by Gasteiger charge is 2.83. The van der Waals surface area contributed by atoms with Gasteiger partial charge in [-0.15, -0.1) is 0 Å². The number of carbonyl (C=O) groups is 1. The largest absolute Gasteiger partial charge is 0.504 e. The predicted molar refractivity (Wildman–Crippen MR) is 112 cm³/mol. The van der Waals surface area contributed by atoms with E-state index < -0.39 is 106 Å². The highest BCUT2D eigenvalue weighted by atomic mass is 16.9. The van der Waals surface area contributed by atoms with Gasteiger partial charge >= 0.3 is 18.1 Å². The minimum Gasteiger partial charge on any atom is -0.504 e. The molecule has 0 radical (unpaired) electrons. The van der Waals surface area contributed by atoms with Gasteiger partial charge in [-0.1, -0.05) is 0 Å². The van der Waals surface area contributed by atoms with Crippen LogP contribution in [0.3, 0.4) is 0 Å². The van der Waals surface area contributed by atoms with E-state index >= 15 is 0 Å². The first-order valence-corrected chi connectivity index (χ1v) is 10.7. The van der Waals surface area contributed by atoms with Crippen LogP contribution in [0.2, 0.25) is 0 Å². The summed E-state index contributed by atoms with van der Waals surface area (Å²) < 4.78 is 9.13. The van der Waals surface area contributed by atoms with Crippen LogP contribution in [-0.2, 0) is 11.2 Å². The van der Waals surface area contributed by atoms with Gasteiger partial charge in [0, 0.05) is 24.2 Å². The minimum absolute atomic E-state index is 0.427. The van der Waals surface area contributed by atoms with Crippen molar-refractivity contribution in [1.82, 2.24) is 4.90 Å². The van der Waals surface area contributed by atoms with Crippen LogP contribution in [-0.4, -0.2) is 159 Å². The number of aromatic hydroxyl groups is 2. The van der Waals surface area contributed by atoms with Crippen LogP contribution in [0.25, 0.3) is 0 Å². The van der Waals surface area contributed by atoms with Crippen molar-refractivity contribution < 1.29 is 101 Å². The zero-order valence-electron chi connectivity index (χ0n) is 20.0. The molecular weight excluding hydrogens is 562 g/mol. The third-order valence-electron chi connectivity index (χ3n) is 6.81. The Kier molecular flexibility index (Phi) is 7.17. The molecule has 2 atom stereocenters. The number of phenolic OH excluding ortho intramolecular Hbond substituents is 2. The molecule has 40 heavy (non-hydrogen) atoms. The molecule has 0 amide bonds. The standard InChI is InChI=1S/C19H27NO20/c1-39-9-7(21)5-2-3-20-4-13(24,16(28,29)15(27,17(30,31)32)18(33,34)35)12(23)14(25,26)11(20)6(5)8(22)10(9)40-19(36,37)38/h11,21-22,24-38H,2-4H2,1H3. The molecule has 0 spiro atoms. The second kappa shape index (κ2) is 8.97. The fraction of sp³-hybridized carbons (Fsp3) is 0.632. The van der Waals surface area contributed by atoms with Crippen molar-refractivity contribution >= 4 is 5.78 Å². The molecule has 2 heterocycles. The molecule has 1 fully saturated rings. The fourth-order valence-corrected chi connectivity index (χ4v) is 4.96. The lowest BCUT2D eigenvalue weighted by atomic mass is 9.67. The lowest BCUT2D eigenvalue weighted by Gasteiger charge is -2.58. The zero-order valence-corrected chi connectivity index (χ0v) is 20.0. The third kappa shape index (κ3) is 4.17. The summed E-state index contributed by atoms with van der Waals surface area (Å²) >= 11 is 0.